The highest BCUT2D eigenvalue weighted by atomic mass is 16.3. The van der Waals surface area contributed by atoms with E-state index in [1.807, 2.05) is 55.5 Å². The first-order chi connectivity index (χ1) is 14.6. The first-order valence-electron chi connectivity index (χ1n) is 10.0. The largest absolute Gasteiger partial charge is 0.494 e. The van der Waals surface area contributed by atoms with E-state index >= 15 is 0 Å². The van der Waals surface area contributed by atoms with Gasteiger partial charge in [0.25, 0.3) is 5.56 Å². The van der Waals surface area contributed by atoms with Crippen LogP contribution in [0, 0.1) is 0 Å². The van der Waals surface area contributed by atoms with Gasteiger partial charge in [-0.15, -0.1) is 0 Å². The molecule has 3 heterocycles. The predicted octanol–water partition coefficient (Wildman–Crippen LogP) is 2.57. The number of rotatable bonds is 3. The van der Waals surface area contributed by atoms with Crippen LogP contribution in [0.1, 0.15) is 41.4 Å². The zero-order valence-corrected chi connectivity index (χ0v) is 16.5. The Balaban J connectivity index is 1.70. The number of hydrogen-bond donors (Lipinski definition) is 4. The minimum absolute atomic E-state index is 0.143. The number of aromatic nitrogens is 3. The lowest BCUT2D eigenvalue weighted by Gasteiger charge is -2.26. The molecule has 152 valence electrons. The van der Waals surface area contributed by atoms with E-state index in [2.05, 4.69) is 21.4 Å². The Hall–Kier alpha value is -3.58. The van der Waals surface area contributed by atoms with Crippen LogP contribution in [0.4, 0.5) is 0 Å². The lowest BCUT2D eigenvalue weighted by atomic mass is 9.95. The standard InChI is InChI=1S/C23H22N4O3/c1-13(14-7-3-2-4-8-14)27-22(29)18(21(28)26-23(27)30)20-19-16(11-12-24-20)15-9-5-6-10-17(15)25-19/h2-10,13,20,24-25,29H,11-12H2,1H3,(H,26,28,30)/t13-,20-/m1/s1. The second kappa shape index (κ2) is 7.03. The molecule has 0 fully saturated rings. The van der Waals surface area contributed by atoms with Gasteiger partial charge < -0.3 is 15.4 Å². The van der Waals surface area contributed by atoms with Gasteiger partial charge in [0.05, 0.1) is 12.1 Å². The first kappa shape index (κ1) is 18.4. The molecule has 0 aliphatic carbocycles. The summed E-state index contributed by atoms with van der Waals surface area (Å²) in [6.07, 6.45) is 0.814. The molecule has 1 aliphatic heterocycles. The molecule has 4 aromatic rings. The second-order valence-corrected chi connectivity index (χ2v) is 7.65. The molecular formula is C23H22N4O3. The number of nitrogens with one attached hydrogen (secondary N) is 3. The van der Waals surface area contributed by atoms with Crippen molar-refractivity contribution in [2.45, 2.75) is 25.4 Å². The van der Waals surface area contributed by atoms with Gasteiger partial charge in [-0.25, -0.2) is 4.79 Å². The fourth-order valence-electron chi connectivity index (χ4n) is 4.48. The molecule has 0 saturated carbocycles. The fraction of sp³-hybridized carbons (Fsp3) is 0.217. The van der Waals surface area contributed by atoms with Crippen molar-refractivity contribution in [1.82, 2.24) is 19.9 Å². The Morgan fingerprint density at radius 3 is 2.57 bits per heavy atom. The number of hydrogen-bond acceptors (Lipinski definition) is 4. The maximum Gasteiger partial charge on any atom is 0.331 e. The summed E-state index contributed by atoms with van der Waals surface area (Å²) in [5.74, 6) is -0.316. The zero-order chi connectivity index (χ0) is 20.8. The normalized spacial score (nSPS) is 17.0. The number of aromatic hydroxyl groups is 1. The van der Waals surface area contributed by atoms with Gasteiger partial charge in [-0.05, 0) is 30.5 Å². The summed E-state index contributed by atoms with van der Waals surface area (Å²) >= 11 is 0. The molecule has 2 atom stereocenters. The van der Waals surface area contributed by atoms with Gasteiger partial charge in [-0.2, -0.15) is 0 Å². The van der Waals surface area contributed by atoms with Crippen LogP contribution in [0.2, 0.25) is 0 Å². The number of para-hydroxylation sites is 1. The summed E-state index contributed by atoms with van der Waals surface area (Å²) in [5.41, 5.74) is 2.74. The maximum atomic E-state index is 12.8. The summed E-state index contributed by atoms with van der Waals surface area (Å²) < 4.78 is 1.24. The molecule has 2 aromatic heterocycles. The highest BCUT2D eigenvalue weighted by molar-refractivity contribution is 5.85. The quantitative estimate of drug-likeness (QED) is 0.423. The van der Waals surface area contributed by atoms with Crippen LogP contribution >= 0.6 is 0 Å². The van der Waals surface area contributed by atoms with Crippen molar-refractivity contribution in [1.29, 1.82) is 0 Å². The lowest BCUT2D eigenvalue weighted by molar-refractivity contribution is 0.372. The van der Waals surface area contributed by atoms with E-state index in [1.54, 1.807) is 0 Å². The predicted molar refractivity (Wildman–Crippen MR) is 115 cm³/mol. The molecule has 0 amide bonds. The smallest absolute Gasteiger partial charge is 0.331 e. The average Bonchev–Trinajstić information content (AvgIpc) is 3.13. The van der Waals surface area contributed by atoms with Crippen molar-refractivity contribution in [3.63, 3.8) is 0 Å². The average molecular weight is 402 g/mol. The number of benzene rings is 2. The molecule has 0 spiro atoms. The van der Waals surface area contributed by atoms with Crippen LogP contribution < -0.4 is 16.6 Å². The van der Waals surface area contributed by atoms with Crippen LogP contribution in [0.5, 0.6) is 5.88 Å². The van der Waals surface area contributed by atoms with Crippen molar-refractivity contribution in [2.75, 3.05) is 6.54 Å². The van der Waals surface area contributed by atoms with E-state index in [0.29, 0.717) is 6.54 Å². The number of aromatic amines is 2. The molecule has 7 nitrogen and oxygen atoms in total. The zero-order valence-electron chi connectivity index (χ0n) is 16.5. The SMILES string of the molecule is C[C@H](c1ccccc1)n1c(O)c([C@H]2NCCc3c2[nH]c2ccccc32)c(=O)[nH]c1=O. The number of nitrogens with zero attached hydrogens (tertiary/aromatic N) is 1. The van der Waals surface area contributed by atoms with Gasteiger partial charge >= 0.3 is 5.69 Å². The molecule has 0 saturated heterocycles. The Morgan fingerprint density at radius 1 is 1.03 bits per heavy atom. The van der Waals surface area contributed by atoms with Crippen molar-refractivity contribution in [3.8, 4) is 5.88 Å². The van der Waals surface area contributed by atoms with Gasteiger partial charge in [-0.3, -0.25) is 14.3 Å². The number of H-pyrrole nitrogens is 2. The Bertz CT molecular complexity index is 1350. The van der Waals surface area contributed by atoms with Crippen molar-refractivity contribution < 1.29 is 5.11 Å². The summed E-state index contributed by atoms with van der Waals surface area (Å²) in [6.45, 7) is 2.48. The van der Waals surface area contributed by atoms with Gasteiger partial charge in [-0.1, -0.05) is 48.5 Å². The highest BCUT2D eigenvalue weighted by Crippen LogP contribution is 2.35. The van der Waals surface area contributed by atoms with Crippen molar-refractivity contribution in [3.05, 3.63) is 97.8 Å². The molecule has 7 heteroatoms. The van der Waals surface area contributed by atoms with Gasteiger partial charge in [0.2, 0.25) is 5.88 Å². The minimum atomic E-state index is -0.634. The van der Waals surface area contributed by atoms with Gasteiger partial charge in [0.1, 0.15) is 5.56 Å². The molecule has 4 N–H and O–H groups in total. The molecule has 0 bridgehead atoms. The summed E-state index contributed by atoms with van der Waals surface area (Å²) in [4.78, 5) is 31.2. The Labute approximate surface area is 172 Å². The lowest BCUT2D eigenvalue weighted by Crippen LogP contribution is -2.39. The molecule has 30 heavy (non-hydrogen) atoms. The van der Waals surface area contributed by atoms with Crippen LogP contribution in [0.25, 0.3) is 10.9 Å². The number of fused-ring (bicyclic) bond motifs is 3. The van der Waals surface area contributed by atoms with Crippen molar-refractivity contribution >= 4 is 10.9 Å². The van der Waals surface area contributed by atoms with Crippen molar-refractivity contribution in [2.24, 2.45) is 0 Å². The van der Waals surface area contributed by atoms with E-state index in [4.69, 9.17) is 0 Å². The van der Waals surface area contributed by atoms with Gasteiger partial charge in [0, 0.05) is 23.1 Å². The van der Waals surface area contributed by atoms with E-state index in [1.165, 1.54) is 4.57 Å². The monoisotopic (exact) mass is 402 g/mol. The topological polar surface area (TPSA) is 103 Å². The van der Waals surface area contributed by atoms with E-state index < -0.39 is 23.3 Å². The van der Waals surface area contributed by atoms with Crippen LogP contribution in [-0.2, 0) is 6.42 Å². The molecular weight excluding hydrogens is 380 g/mol. The Morgan fingerprint density at radius 2 is 1.77 bits per heavy atom. The molecule has 2 aromatic carbocycles. The third-order valence-corrected chi connectivity index (χ3v) is 5.97. The fourth-order valence-corrected chi connectivity index (χ4v) is 4.48. The van der Waals surface area contributed by atoms with Crippen LogP contribution in [0.15, 0.2) is 64.2 Å². The molecule has 0 unspecified atom stereocenters. The third kappa shape index (κ3) is 2.78. The van der Waals surface area contributed by atoms with Gasteiger partial charge in [0.15, 0.2) is 0 Å². The van der Waals surface area contributed by atoms with Crippen LogP contribution in [0.3, 0.4) is 0 Å². The first-order valence-corrected chi connectivity index (χ1v) is 10.0. The highest BCUT2D eigenvalue weighted by Gasteiger charge is 2.31. The molecule has 1 aliphatic rings. The second-order valence-electron chi connectivity index (χ2n) is 7.65. The molecule has 5 rings (SSSR count). The van der Waals surface area contributed by atoms with E-state index in [0.717, 1.165) is 34.1 Å². The molecule has 0 radical (unpaired) electrons. The van der Waals surface area contributed by atoms with E-state index in [9.17, 15) is 14.7 Å². The van der Waals surface area contributed by atoms with E-state index in [-0.39, 0.29) is 11.4 Å². The summed E-state index contributed by atoms with van der Waals surface area (Å²) in [5, 5.41) is 15.6. The summed E-state index contributed by atoms with van der Waals surface area (Å²) in [6, 6.07) is 16.4. The maximum absolute atomic E-state index is 12.8. The third-order valence-electron chi connectivity index (χ3n) is 5.97. The van der Waals surface area contributed by atoms with Crippen LogP contribution in [-0.4, -0.2) is 26.2 Å². The Kier molecular flexibility index (Phi) is 4.33. The summed E-state index contributed by atoms with van der Waals surface area (Å²) in [7, 11) is 0. The minimum Gasteiger partial charge on any atom is -0.494 e.